The third-order valence-electron chi connectivity index (χ3n) is 2.48. The molecule has 8 heteroatoms. The van der Waals surface area contributed by atoms with Gasteiger partial charge >= 0.3 is 5.97 Å². The number of carboxylic acid groups (broad SMARTS) is 1. The van der Waals surface area contributed by atoms with Gasteiger partial charge in [0.05, 0.1) is 10.7 Å². The molecule has 0 radical (unpaired) electrons. The summed E-state index contributed by atoms with van der Waals surface area (Å²) < 4.78 is 5.30. The second-order valence-corrected chi connectivity index (χ2v) is 5.87. The van der Waals surface area contributed by atoms with Crippen molar-refractivity contribution in [2.24, 2.45) is 0 Å². The number of carboxylic acids is 1. The summed E-state index contributed by atoms with van der Waals surface area (Å²) in [7, 11) is 0. The summed E-state index contributed by atoms with van der Waals surface area (Å²) in [5, 5.41) is 9.78. The Hall–Kier alpha value is -1.63. The lowest BCUT2D eigenvalue weighted by Crippen LogP contribution is -2.11. The molecule has 5 nitrogen and oxygen atoms in total. The third kappa shape index (κ3) is 3.72. The maximum atomic E-state index is 12.0. The molecular formula is C13H9Cl2NO4S. The van der Waals surface area contributed by atoms with Crippen LogP contribution in [-0.2, 0) is 0 Å². The predicted molar refractivity (Wildman–Crippen MR) is 80.1 cm³/mol. The van der Waals surface area contributed by atoms with E-state index >= 15 is 0 Å². The Bertz CT molecular complexity index is 714. The first-order chi connectivity index (χ1) is 9.88. The zero-order valence-electron chi connectivity index (χ0n) is 10.7. The van der Waals surface area contributed by atoms with Crippen LogP contribution >= 0.6 is 34.5 Å². The monoisotopic (exact) mass is 345 g/mol. The van der Waals surface area contributed by atoms with Crippen LogP contribution in [0.2, 0.25) is 10.0 Å². The first-order valence-corrected chi connectivity index (χ1v) is 7.27. The molecule has 0 aliphatic carbocycles. The highest BCUT2D eigenvalue weighted by Crippen LogP contribution is 2.28. The zero-order valence-corrected chi connectivity index (χ0v) is 13.1. The first-order valence-electron chi connectivity index (χ1n) is 5.70. The quantitative estimate of drug-likeness (QED) is 0.835. The van der Waals surface area contributed by atoms with Crippen molar-refractivity contribution >= 4 is 46.3 Å². The number of aromatic nitrogens is 1. The Morgan fingerprint density at radius 2 is 2.10 bits per heavy atom. The molecule has 1 N–H and O–H groups in total. The molecule has 0 aliphatic rings. The Morgan fingerprint density at radius 1 is 1.38 bits per heavy atom. The largest absolute Gasteiger partial charge is 0.484 e. The fraction of sp³-hybridized carbons (Fsp3) is 0.154. The molecular weight excluding hydrogens is 337 g/mol. The van der Waals surface area contributed by atoms with Gasteiger partial charge in [0, 0.05) is 11.1 Å². The molecule has 2 rings (SSSR count). The van der Waals surface area contributed by atoms with Gasteiger partial charge in [-0.2, -0.15) is 0 Å². The number of benzene rings is 1. The summed E-state index contributed by atoms with van der Waals surface area (Å²) >= 11 is 12.5. The van der Waals surface area contributed by atoms with Crippen LogP contribution in [0.4, 0.5) is 0 Å². The summed E-state index contributed by atoms with van der Waals surface area (Å²) in [6, 6.07) is 4.65. The van der Waals surface area contributed by atoms with Crippen LogP contribution in [0.3, 0.4) is 0 Å². The Morgan fingerprint density at radius 3 is 2.71 bits per heavy atom. The van der Waals surface area contributed by atoms with Crippen LogP contribution < -0.4 is 4.74 Å². The minimum Gasteiger partial charge on any atom is -0.484 e. The van der Waals surface area contributed by atoms with Crippen molar-refractivity contribution in [3.8, 4) is 5.75 Å². The zero-order chi connectivity index (χ0) is 15.6. The Balaban J connectivity index is 2.10. The van der Waals surface area contributed by atoms with Gasteiger partial charge in [0.2, 0.25) is 5.78 Å². The average molecular weight is 346 g/mol. The third-order valence-corrected chi connectivity index (χ3v) is 4.22. The fourth-order valence-electron chi connectivity index (χ4n) is 1.51. The molecule has 110 valence electrons. The minimum atomic E-state index is -1.11. The van der Waals surface area contributed by atoms with Gasteiger partial charge in [0.25, 0.3) is 0 Å². The van der Waals surface area contributed by atoms with Crippen LogP contribution in [0, 0.1) is 6.92 Å². The highest BCUT2D eigenvalue weighted by Gasteiger charge is 2.19. The van der Waals surface area contributed by atoms with Crippen molar-refractivity contribution in [1.29, 1.82) is 0 Å². The van der Waals surface area contributed by atoms with Gasteiger partial charge in [-0.1, -0.05) is 23.2 Å². The molecule has 0 aliphatic heterocycles. The van der Waals surface area contributed by atoms with Crippen molar-refractivity contribution in [2.45, 2.75) is 6.92 Å². The number of rotatable bonds is 5. The van der Waals surface area contributed by atoms with Gasteiger partial charge in [-0.25, -0.2) is 9.78 Å². The van der Waals surface area contributed by atoms with Gasteiger partial charge in [-0.15, -0.1) is 11.3 Å². The summed E-state index contributed by atoms with van der Waals surface area (Å²) in [5.41, 5.74) is 0.302. The highest BCUT2D eigenvalue weighted by molar-refractivity contribution is 7.15. The lowest BCUT2D eigenvalue weighted by Gasteiger charge is -2.06. The number of halogens is 2. The van der Waals surface area contributed by atoms with Gasteiger partial charge in [0.15, 0.2) is 11.6 Å². The normalized spacial score (nSPS) is 10.4. The van der Waals surface area contributed by atoms with E-state index in [1.165, 1.54) is 13.0 Å². The van der Waals surface area contributed by atoms with E-state index in [2.05, 4.69) is 4.98 Å². The predicted octanol–water partition coefficient (Wildman–Crippen LogP) is 3.72. The number of thiazole rings is 1. The van der Waals surface area contributed by atoms with Crippen LogP contribution in [0.1, 0.15) is 25.2 Å². The number of hydrogen-bond acceptors (Lipinski definition) is 5. The van der Waals surface area contributed by atoms with Gasteiger partial charge in [0.1, 0.15) is 10.6 Å². The number of nitrogens with zero attached hydrogens (tertiary/aromatic N) is 1. The summed E-state index contributed by atoms with van der Waals surface area (Å²) in [6.45, 7) is 1.23. The summed E-state index contributed by atoms with van der Waals surface area (Å²) in [5.74, 6) is -1.25. The van der Waals surface area contributed by atoms with Crippen molar-refractivity contribution in [2.75, 3.05) is 6.61 Å². The second kappa shape index (κ2) is 6.43. The molecule has 2 aromatic rings. The summed E-state index contributed by atoms with van der Waals surface area (Å²) in [4.78, 5) is 26.8. The van der Waals surface area contributed by atoms with Crippen LogP contribution in [0.25, 0.3) is 0 Å². The minimum absolute atomic E-state index is 0.0409. The standard InChI is InChI=1S/C13H9Cl2NO4S/c1-6-11(13(18)19)21-12(16-6)9(17)5-20-10-4-7(14)2-3-8(10)15/h2-4H,5H2,1H3,(H,18,19). The van der Waals surface area contributed by atoms with Crippen LogP contribution in [-0.4, -0.2) is 28.4 Å². The fourth-order valence-corrected chi connectivity index (χ4v) is 2.67. The molecule has 1 aromatic heterocycles. The molecule has 0 fully saturated rings. The first kappa shape index (κ1) is 15.8. The molecule has 0 saturated heterocycles. The Kier molecular flexibility index (Phi) is 4.82. The van der Waals surface area contributed by atoms with E-state index in [4.69, 9.17) is 33.0 Å². The maximum Gasteiger partial charge on any atom is 0.347 e. The van der Waals surface area contributed by atoms with Crippen molar-refractivity contribution in [3.05, 3.63) is 43.8 Å². The van der Waals surface area contributed by atoms with E-state index in [-0.39, 0.29) is 22.2 Å². The van der Waals surface area contributed by atoms with E-state index in [0.29, 0.717) is 15.7 Å². The molecule has 0 bridgehead atoms. The molecule has 1 heterocycles. The number of carbonyl (C=O) groups is 2. The number of ketones is 1. The van der Waals surface area contributed by atoms with Crippen molar-refractivity contribution < 1.29 is 19.4 Å². The highest BCUT2D eigenvalue weighted by atomic mass is 35.5. The number of aromatic carboxylic acids is 1. The molecule has 21 heavy (non-hydrogen) atoms. The number of carbonyl (C=O) groups excluding carboxylic acids is 1. The van der Waals surface area contributed by atoms with Gasteiger partial charge < -0.3 is 9.84 Å². The van der Waals surface area contributed by atoms with E-state index in [9.17, 15) is 9.59 Å². The average Bonchev–Trinajstić information content (AvgIpc) is 2.82. The number of ether oxygens (including phenoxy) is 1. The topological polar surface area (TPSA) is 76.5 Å². The molecule has 0 saturated carbocycles. The second-order valence-electron chi connectivity index (χ2n) is 4.03. The number of aryl methyl sites for hydroxylation is 1. The van der Waals surface area contributed by atoms with E-state index < -0.39 is 11.8 Å². The van der Waals surface area contributed by atoms with Crippen molar-refractivity contribution in [1.82, 2.24) is 4.98 Å². The van der Waals surface area contributed by atoms with E-state index in [1.54, 1.807) is 12.1 Å². The Labute approximate surface area is 134 Å². The van der Waals surface area contributed by atoms with Crippen LogP contribution in [0.5, 0.6) is 5.75 Å². The maximum absolute atomic E-state index is 12.0. The molecule has 0 unspecified atom stereocenters. The van der Waals surface area contributed by atoms with E-state index in [1.807, 2.05) is 0 Å². The molecule has 0 amide bonds. The van der Waals surface area contributed by atoms with Gasteiger partial charge in [-0.05, 0) is 19.1 Å². The van der Waals surface area contributed by atoms with E-state index in [0.717, 1.165) is 11.3 Å². The molecule has 1 aromatic carbocycles. The van der Waals surface area contributed by atoms with Gasteiger partial charge in [-0.3, -0.25) is 4.79 Å². The summed E-state index contributed by atoms with van der Waals surface area (Å²) in [6.07, 6.45) is 0. The lowest BCUT2D eigenvalue weighted by atomic mass is 10.3. The number of Topliss-reactive ketones (excluding diaryl/α,β-unsaturated/α-hetero) is 1. The molecule has 0 spiro atoms. The smallest absolute Gasteiger partial charge is 0.347 e. The van der Waals surface area contributed by atoms with Crippen LogP contribution in [0.15, 0.2) is 18.2 Å². The SMILES string of the molecule is Cc1nc(C(=O)COc2cc(Cl)ccc2Cl)sc1C(=O)O. The lowest BCUT2D eigenvalue weighted by molar-refractivity contribution is 0.0701. The number of hydrogen-bond donors (Lipinski definition) is 1. The molecule has 0 atom stereocenters. The van der Waals surface area contributed by atoms with Crippen molar-refractivity contribution in [3.63, 3.8) is 0 Å².